The van der Waals surface area contributed by atoms with Gasteiger partial charge >= 0.3 is 0 Å². The van der Waals surface area contributed by atoms with Crippen LogP contribution in [0.3, 0.4) is 0 Å². The molecule has 0 bridgehead atoms. The van der Waals surface area contributed by atoms with Crippen molar-refractivity contribution in [2.45, 2.75) is 12.5 Å². The van der Waals surface area contributed by atoms with Gasteiger partial charge in [-0.05, 0) is 86.4 Å². The van der Waals surface area contributed by atoms with E-state index < -0.39 is 0 Å². The van der Waals surface area contributed by atoms with Gasteiger partial charge in [0.05, 0.1) is 10.5 Å². The zero-order valence-electron chi connectivity index (χ0n) is 10.3. The standard InChI is InChI=1S/C14H12Br2FIN2/c15-11-3-2-9(18)7-10(11)14(20-19)6-8-1-4-13(17)12(16)5-8/h1-5,7,14,20H,6,19H2. The molecule has 0 saturated heterocycles. The molecule has 0 spiro atoms. The minimum atomic E-state index is -0.263. The van der Waals surface area contributed by atoms with E-state index in [1.165, 1.54) is 6.07 Å². The molecule has 2 aromatic carbocycles. The van der Waals surface area contributed by atoms with E-state index in [0.717, 1.165) is 19.2 Å². The summed E-state index contributed by atoms with van der Waals surface area (Å²) in [5, 5.41) is 0. The summed E-state index contributed by atoms with van der Waals surface area (Å²) in [6.07, 6.45) is 0.675. The molecule has 6 heteroatoms. The molecule has 1 atom stereocenters. The van der Waals surface area contributed by atoms with Gasteiger partial charge in [-0.3, -0.25) is 11.3 Å². The van der Waals surface area contributed by atoms with Crippen molar-refractivity contribution in [1.29, 1.82) is 0 Å². The topological polar surface area (TPSA) is 38.0 Å². The van der Waals surface area contributed by atoms with Crippen LogP contribution in [0.1, 0.15) is 17.2 Å². The van der Waals surface area contributed by atoms with Gasteiger partial charge in [0, 0.05) is 8.04 Å². The smallest absolute Gasteiger partial charge is 0.137 e. The third-order valence-corrected chi connectivity index (χ3v) is 4.96. The van der Waals surface area contributed by atoms with Gasteiger partial charge in [0.1, 0.15) is 5.82 Å². The highest BCUT2D eigenvalue weighted by molar-refractivity contribution is 14.1. The number of nitrogens with two attached hydrogens (primary N) is 1. The molecule has 2 nitrogen and oxygen atoms in total. The van der Waals surface area contributed by atoms with Crippen LogP contribution >= 0.6 is 54.5 Å². The molecule has 0 saturated carbocycles. The van der Waals surface area contributed by atoms with Gasteiger partial charge in [-0.1, -0.05) is 22.0 Å². The highest BCUT2D eigenvalue weighted by Gasteiger charge is 2.15. The number of nitrogens with one attached hydrogen (secondary N) is 1. The number of hydrazine groups is 1. The van der Waals surface area contributed by atoms with Crippen molar-refractivity contribution in [3.8, 4) is 0 Å². The monoisotopic (exact) mass is 512 g/mol. The van der Waals surface area contributed by atoms with Gasteiger partial charge in [-0.15, -0.1) is 0 Å². The summed E-state index contributed by atoms with van der Waals surface area (Å²) in [6.45, 7) is 0. The second-order valence-corrected chi connectivity index (χ2v) is 7.29. The Bertz CT molecular complexity index is 622. The molecule has 20 heavy (non-hydrogen) atoms. The Kier molecular flexibility index (Phi) is 5.97. The van der Waals surface area contributed by atoms with Crippen LogP contribution < -0.4 is 11.3 Å². The van der Waals surface area contributed by atoms with Gasteiger partial charge in [-0.2, -0.15) is 0 Å². The Morgan fingerprint density at radius 2 is 1.90 bits per heavy atom. The molecule has 1 unspecified atom stereocenters. The van der Waals surface area contributed by atoms with Crippen molar-refractivity contribution in [2.24, 2.45) is 5.84 Å². The second kappa shape index (κ2) is 7.31. The molecular weight excluding hydrogens is 502 g/mol. The Morgan fingerprint density at radius 1 is 1.15 bits per heavy atom. The van der Waals surface area contributed by atoms with Crippen molar-refractivity contribution in [2.75, 3.05) is 0 Å². The van der Waals surface area contributed by atoms with Crippen LogP contribution in [0.2, 0.25) is 0 Å². The molecule has 0 amide bonds. The first kappa shape index (κ1) is 16.4. The summed E-state index contributed by atoms with van der Waals surface area (Å²) in [7, 11) is 0. The van der Waals surface area contributed by atoms with Crippen molar-refractivity contribution in [3.05, 3.63) is 65.9 Å². The van der Waals surface area contributed by atoms with E-state index in [4.69, 9.17) is 5.84 Å². The number of hydrogen-bond acceptors (Lipinski definition) is 2. The summed E-state index contributed by atoms with van der Waals surface area (Å²) < 4.78 is 15.9. The van der Waals surface area contributed by atoms with Crippen LogP contribution in [0.25, 0.3) is 0 Å². The number of rotatable bonds is 4. The Hall–Kier alpha value is -0.0200. The van der Waals surface area contributed by atoms with E-state index in [1.54, 1.807) is 12.1 Å². The van der Waals surface area contributed by atoms with Crippen molar-refractivity contribution in [1.82, 2.24) is 5.43 Å². The van der Waals surface area contributed by atoms with Crippen LogP contribution in [0, 0.1) is 9.39 Å². The van der Waals surface area contributed by atoms with Crippen molar-refractivity contribution in [3.63, 3.8) is 0 Å². The van der Waals surface area contributed by atoms with E-state index in [-0.39, 0.29) is 11.9 Å². The first-order chi connectivity index (χ1) is 9.51. The third kappa shape index (κ3) is 4.00. The first-order valence-corrected chi connectivity index (χ1v) is 8.52. The highest BCUT2D eigenvalue weighted by atomic mass is 127. The number of halogens is 4. The van der Waals surface area contributed by atoms with Crippen LogP contribution in [0.15, 0.2) is 45.3 Å². The molecule has 2 aromatic rings. The maximum absolute atomic E-state index is 13.3. The lowest BCUT2D eigenvalue weighted by atomic mass is 9.99. The van der Waals surface area contributed by atoms with Gasteiger partial charge in [0.2, 0.25) is 0 Å². The summed E-state index contributed by atoms with van der Waals surface area (Å²) in [4.78, 5) is 0. The Labute approximate surface area is 147 Å². The lowest BCUT2D eigenvalue weighted by molar-refractivity contribution is 0.548. The SMILES string of the molecule is NNC(Cc1ccc(F)c(Br)c1)c1cc(I)ccc1Br. The maximum Gasteiger partial charge on any atom is 0.137 e. The van der Waals surface area contributed by atoms with Crippen LogP contribution in [-0.2, 0) is 6.42 Å². The molecule has 0 aliphatic heterocycles. The predicted octanol–water partition coefficient (Wildman–Crippen LogP) is 4.70. The van der Waals surface area contributed by atoms with Gasteiger partial charge in [0.15, 0.2) is 0 Å². The fourth-order valence-electron chi connectivity index (χ4n) is 1.94. The highest BCUT2D eigenvalue weighted by Crippen LogP contribution is 2.28. The molecule has 0 radical (unpaired) electrons. The summed E-state index contributed by atoms with van der Waals surface area (Å²) in [5.74, 6) is 5.42. The van der Waals surface area contributed by atoms with Crippen LogP contribution in [-0.4, -0.2) is 0 Å². The minimum absolute atomic E-state index is 0.0450. The normalized spacial score (nSPS) is 12.4. The molecule has 2 rings (SSSR count). The molecule has 0 aliphatic carbocycles. The fourth-order valence-corrected chi connectivity index (χ4v) is 3.41. The van der Waals surface area contributed by atoms with Gasteiger partial charge in [-0.25, -0.2) is 4.39 Å². The van der Waals surface area contributed by atoms with Crippen LogP contribution in [0.5, 0.6) is 0 Å². The van der Waals surface area contributed by atoms with Crippen molar-refractivity contribution < 1.29 is 4.39 Å². The molecule has 3 N–H and O–H groups in total. The molecule has 0 fully saturated rings. The number of hydrogen-bond donors (Lipinski definition) is 2. The van der Waals surface area contributed by atoms with E-state index in [9.17, 15) is 4.39 Å². The van der Waals surface area contributed by atoms with E-state index >= 15 is 0 Å². The maximum atomic E-state index is 13.3. The lowest BCUT2D eigenvalue weighted by Crippen LogP contribution is -2.30. The average molecular weight is 514 g/mol. The van der Waals surface area contributed by atoms with E-state index in [2.05, 4.69) is 65.9 Å². The zero-order valence-corrected chi connectivity index (χ0v) is 15.7. The number of benzene rings is 2. The molecule has 0 heterocycles. The average Bonchev–Trinajstić information content (AvgIpc) is 2.43. The zero-order chi connectivity index (χ0) is 14.7. The third-order valence-electron chi connectivity index (χ3n) is 2.96. The fraction of sp³-hybridized carbons (Fsp3) is 0.143. The van der Waals surface area contributed by atoms with E-state index in [0.29, 0.717) is 10.9 Å². The predicted molar refractivity (Wildman–Crippen MR) is 94.7 cm³/mol. The van der Waals surface area contributed by atoms with Crippen LogP contribution in [0.4, 0.5) is 4.39 Å². The molecule has 0 aliphatic rings. The molecular formula is C14H12Br2FIN2. The van der Waals surface area contributed by atoms with E-state index in [1.807, 2.05) is 12.1 Å². The second-order valence-electron chi connectivity index (χ2n) is 4.34. The lowest BCUT2D eigenvalue weighted by Gasteiger charge is -2.18. The first-order valence-electron chi connectivity index (χ1n) is 5.86. The molecule has 106 valence electrons. The summed E-state index contributed by atoms with van der Waals surface area (Å²) in [6, 6.07) is 11.1. The summed E-state index contributed by atoms with van der Waals surface area (Å²) in [5.41, 5.74) is 4.92. The minimum Gasteiger partial charge on any atom is -0.271 e. The van der Waals surface area contributed by atoms with Gasteiger partial charge < -0.3 is 0 Å². The Balaban J connectivity index is 2.28. The van der Waals surface area contributed by atoms with Crippen molar-refractivity contribution >= 4 is 54.5 Å². The quantitative estimate of drug-likeness (QED) is 0.353. The Morgan fingerprint density at radius 3 is 2.55 bits per heavy atom. The largest absolute Gasteiger partial charge is 0.271 e. The van der Waals surface area contributed by atoms with Gasteiger partial charge in [0.25, 0.3) is 0 Å². The molecule has 0 aromatic heterocycles. The summed E-state index contributed by atoms with van der Waals surface area (Å²) >= 11 is 9.01.